The summed E-state index contributed by atoms with van der Waals surface area (Å²) < 4.78 is 6.32. The van der Waals surface area contributed by atoms with E-state index >= 15 is 0 Å². The predicted molar refractivity (Wildman–Crippen MR) is 65.7 cm³/mol. The topological polar surface area (TPSA) is 74.3 Å². The number of rotatable bonds is 5. The molecule has 1 aromatic rings. The van der Waals surface area contributed by atoms with Gasteiger partial charge in [-0.2, -0.15) is 0 Å². The minimum Gasteiger partial charge on any atom is -0.464 e. The molecular weight excluding hydrogens is 220 g/mol. The van der Waals surface area contributed by atoms with Crippen LogP contribution in [0.2, 0.25) is 0 Å². The highest BCUT2D eigenvalue weighted by Crippen LogP contribution is 2.00. The van der Waals surface area contributed by atoms with Crippen LogP contribution in [0.25, 0.3) is 0 Å². The van der Waals surface area contributed by atoms with Gasteiger partial charge in [0.1, 0.15) is 6.54 Å². The Balaban J connectivity index is 2.71. The Morgan fingerprint density at radius 2 is 2.18 bits per heavy atom. The number of hydrogen-bond acceptors (Lipinski definition) is 4. The first kappa shape index (κ1) is 13.3. The lowest BCUT2D eigenvalue weighted by atomic mass is 10.3. The van der Waals surface area contributed by atoms with E-state index in [9.17, 15) is 9.59 Å². The lowest BCUT2D eigenvalue weighted by molar-refractivity contribution is -0.144. The molecule has 1 rings (SSSR count). The molecule has 0 aromatic carbocycles. The minimum absolute atomic E-state index is 0.0839. The summed E-state index contributed by atoms with van der Waals surface area (Å²) in [4.78, 5) is 23.2. The number of esters is 1. The van der Waals surface area contributed by atoms with Crippen LogP contribution in [0, 0.1) is 6.92 Å². The Kier molecular flexibility index (Phi) is 4.75. The van der Waals surface area contributed by atoms with Crippen molar-refractivity contribution in [3.63, 3.8) is 0 Å². The molecule has 1 heterocycles. The Bertz CT molecular complexity index is 452. The molecule has 0 aliphatic carbocycles. The van der Waals surface area contributed by atoms with E-state index in [1.165, 1.54) is 10.6 Å². The van der Waals surface area contributed by atoms with Crippen LogP contribution in [0.1, 0.15) is 25.5 Å². The number of anilines is 1. The monoisotopic (exact) mass is 238 g/mol. The first-order chi connectivity index (χ1) is 8.06. The van der Waals surface area contributed by atoms with E-state index in [1.807, 2.05) is 6.92 Å². The number of carbonyl (C=O) groups excluding carboxylic acids is 1. The summed E-state index contributed by atoms with van der Waals surface area (Å²) in [7, 11) is 0. The number of nitrogens with zero attached hydrogens (tertiary/aromatic N) is 1. The quantitative estimate of drug-likeness (QED) is 0.615. The zero-order valence-electron chi connectivity index (χ0n) is 10.2. The minimum atomic E-state index is -0.408. The average Bonchev–Trinajstić information content (AvgIpc) is 2.30. The molecule has 0 amide bonds. The van der Waals surface area contributed by atoms with Crippen LogP contribution in [0.3, 0.4) is 0 Å². The van der Waals surface area contributed by atoms with Crippen LogP contribution < -0.4 is 11.3 Å². The second-order valence-corrected chi connectivity index (χ2v) is 3.90. The summed E-state index contributed by atoms with van der Waals surface area (Å²) in [5, 5.41) is 0. The maximum atomic E-state index is 11.7. The maximum absolute atomic E-state index is 11.7. The van der Waals surface area contributed by atoms with E-state index in [-0.39, 0.29) is 17.8 Å². The molecule has 2 N–H and O–H groups in total. The van der Waals surface area contributed by atoms with E-state index in [2.05, 4.69) is 0 Å². The number of nitrogens with two attached hydrogens (primary N) is 1. The summed E-state index contributed by atoms with van der Waals surface area (Å²) in [6.07, 6.45) is 1.79. The van der Waals surface area contributed by atoms with Gasteiger partial charge >= 0.3 is 5.97 Å². The van der Waals surface area contributed by atoms with Crippen molar-refractivity contribution in [2.75, 3.05) is 12.3 Å². The van der Waals surface area contributed by atoms with Gasteiger partial charge in [0.2, 0.25) is 0 Å². The molecule has 0 saturated carbocycles. The van der Waals surface area contributed by atoms with Crippen molar-refractivity contribution in [1.29, 1.82) is 0 Å². The lowest BCUT2D eigenvalue weighted by Gasteiger charge is -2.10. The molecule has 0 saturated heterocycles. The van der Waals surface area contributed by atoms with Crippen LogP contribution in [0.15, 0.2) is 16.9 Å². The highest BCUT2D eigenvalue weighted by Gasteiger charge is 2.09. The van der Waals surface area contributed by atoms with E-state index in [1.54, 1.807) is 13.0 Å². The van der Waals surface area contributed by atoms with Gasteiger partial charge in [-0.05, 0) is 25.5 Å². The van der Waals surface area contributed by atoms with E-state index in [4.69, 9.17) is 10.5 Å². The largest absolute Gasteiger partial charge is 0.464 e. The molecule has 5 nitrogen and oxygen atoms in total. The third-order valence-corrected chi connectivity index (χ3v) is 2.47. The van der Waals surface area contributed by atoms with Crippen LogP contribution in [0.5, 0.6) is 0 Å². The van der Waals surface area contributed by atoms with Gasteiger partial charge < -0.3 is 10.5 Å². The normalized spacial score (nSPS) is 10.2. The van der Waals surface area contributed by atoms with Crippen molar-refractivity contribution in [3.8, 4) is 0 Å². The zero-order chi connectivity index (χ0) is 12.8. The molecule has 0 bridgehead atoms. The fourth-order valence-electron chi connectivity index (χ4n) is 1.39. The second kappa shape index (κ2) is 6.08. The van der Waals surface area contributed by atoms with Gasteiger partial charge in [0, 0.05) is 5.69 Å². The molecule has 17 heavy (non-hydrogen) atoms. The Labute approximate surface area is 100 Å². The standard InChI is InChI=1S/C12H18N2O3/c1-3-4-7-17-11(15)8-14-9(2)5-6-10(13)12(14)16/h5-6H,3-4,7-8,13H2,1-2H3. The van der Waals surface area contributed by atoms with Gasteiger partial charge in [-0.15, -0.1) is 0 Å². The van der Waals surface area contributed by atoms with Crippen molar-refractivity contribution >= 4 is 11.7 Å². The highest BCUT2D eigenvalue weighted by molar-refractivity contribution is 5.69. The van der Waals surface area contributed by atoms with Crippen LogP contribution in [-0.4, -0.2) is 17.1 Å². The maximum Gasteiger partial charge on any atom is 0.326 e. The highest BCUT2D eigenvalue weighted by atomic mass is 16.5. The molecule has 0 spiro atoms. The molecule has 1 aromatic heterocycles. The van der Waals surface area contributed by atoms with E-state index in [0.29, 0.717) is 12.3 Å². The third kappa shape index (κ3) is 3.62. The fraction of sp³-hybridized carbons (Fsp3) is 0.500. The van der Waals surface area contributed by atoms with Crippen LogP contribution in [-0.2, 0) is 16.1 Å². The summed E-state index contributed by atoms with van der Waals surface area (Å²) in [6, 6.07) is 3.24. The van der Waals surface area contributed by atoms with Gasteiger partial charge in [0.05, 0.1) is 12.3 Å². The number of aromatic nitrogens is 1. The number of unbranched alkanes of at least 4 members (excludes halogenated alkanes) is 1. The van der Waals surface area contributed by atoms with E-state index < -0.39 is 5.97 Å². The summed E-state index contributed by atoms with van der Waals surface area (Å²) in [6.45, 7) is 4.07. The van der Waals surface area contributed by atoms with E-state index in [0.717, 1.165) is 12.8 Å². The molecule has 0 radical (unpaired) electrons. The van der Waals surface area contributed by atoms with Gasteiger partial charge in [-0.3, -0.25) is 14.2 Å². The zero-order valence-corrected chi connectivity index (χ0v) is 10.2. The Hall–Kier alpha value is -1.78. The first-order valence-corrected chi connectivity index (χ1v) is 5.67. The summed E-state index contributed by atoms with van der Waals surface area (Å²) in [5.74, 6) is -0.408. The number of hydrogen-bond donors (Lipinski definition) is 1. The SMILES string of the molecule is CCCCOC(=O)Cn1c(C)ccc(N)c1=O. The van der Waals surface area contributed by atoms with Crippen LogP contribution in [0.4, 0.5) is 5.69 Å². The van der Waals surface area contributed by atoms with Crippen molar-refractivity contribution in [3.05, 3.63) is 28.2 Å². The molecule has 0 fully saturated rings. The van der Waals surface area contributed by atoms with Crippen molar-refractivity contribution in [2.45, 2.75) is 33.2 Å². The average molecular weight is 238 g/mol. The number of aryl methyl sites for hydroxylation is 1. The van der Waals surface area contributed by atoms with Gasteiger partial charge in [-0.25, -0.2) is 0 Å². The van der Waals surface area contributed by atoms with Crippen molar-refractivity contribution < 1.29 is 9.53 Å². The lowest BCUT2D eigenvalue weighted by Crippen LogP contribution is -2.28. The van der Waals surface area contributed by atoms with Crippen molar-refractivity contribution in [1.82, 2.24) is 4.57 Å². The third-order valence-electron chi connectivity index (χ3n) is 2.47. The Morgan fingerprint density at radius 3 is 2.82 bits per heavy atom. The summed E-state index contributed by atoms with van der Waals surface area (Å²) >= 11 is 0. The Morgan fingerprint density at radius 1 is 1.47 bits per heavy atom. The van der Waals surface area contributed by atoms with Gasteiger partial charge in [0.25, 0.3) is 5.56 Å². The summed E-state index contributed by atoms with van der Waals surface area (Å²) in [5.41, 5.74) is 5.98. The van der Waals surface area contributed by atoms with Crippen molar-refractivity contribution in [2.24, 2.45) is 0 Å². The van der Waals surface area contributed by atoms with Crippen LogP contribution >= 0.6 is 0 Å². The molecule has 0 unspecified atom stereocenters. The molecule has 0 aliphatic rings. The molecule has 0 atom stereocenters. The number of carbonyl (C=O) groups is 1. The van der Waals surface area contributed by atoms with Gasteiger partial charge in [-0.1, -0.05) is 13.3 Å². The smallest absolute Gasteiger partial charge is 0.326 e. The number of pyridine rings is 1. The molecular formula is C12H18N2O3. The van der Waals surface area contributed by atoms with Gasteiger partial charge in [0.15, 0.2) is 0 Å². The number of nitrogen functional groups attached to an aromatic ring is 1. The molecule has 0 aliphatic heterocycles. The second-order valence-electron chi connectivity index (χ2n) is 3.90. The number of ether oxygens (including phenoxy) is 1. The fourth-order valence-corrected chi connectivity index (χ4v) is 1.39. The molecule has 5 heteroatoms. The first-order valence-electron chi connectivity index (χ1n) is 5.67. The predicted octanol–water partition coefficient (Wildman–Crippen LogP) is 1.08. The molecule has 94 valence electrons.